The van der Waals surface area contributed by atoms with E-state index in [-0.39, 0.29) is 17.3 Å². The number of nitrogens with zero attached hydrogens (tertiary/aromatic N) is 4. The van der Waals surface area contributed by atoms with Crippen LogP contribution < -0.4 is 15.2 Å². The number of hydrogen-bond acceptors (Lipinski definition) is 6. The average Bonchev–Trinajstić information content (AvgIpc) is 2.81. The predicted octanol–water partition coefficient (Wildman–Crippen LogP) is 2.95. The minimum absolute atomic E-state index is 0.0713. The van der Waals surface area contributed by atoms with E-state index < -0.39 is 0 Å². The van der Waals surface area contributed by atoms with Crippen LogP contribution in [0.15, 0.2) is 59.7 Å². The predicted molar refractivity (Wildman–Crippen MR) is 115 cm³/mol. The van der Waals surface area contributed by atoms with Crippen LogP contribution in [0.3, 0.4) is 0 Å². The van der Waals surface area contributed by atoms with Gasteiger partial charge in [0.2, 0.25) is 5.95 Å². The maximum atomic E-state index is 13.0. The second kappa shape index (κ2) is 8.49. The molecule has 0 radical (unpaired) electrons. The number of carbonyl (C=O) groups excluding carboxylic acids is 1. The number of aromatic nitrogens is 3. The molecule has 0 atom stereocenters. The quantitative estimate of drug-likeness (QED) is 0.609. The Hall–Kier alpha value is -3.48. The molecule has 154 valence electrons. The number of hydrogen-bond donors (Lipinski definition) is 0. The van der Waals surface area contributed by atoms with E-state index in [4.69, 9.17) is 9.72 Å². The number of piperidine rings is 1. The van der Waals surface area contributed by atoms with Crippen LogP contribution in [0.4, 0.5) is 5.95 Å². The number of ketones is 1. The minimum atomic E-state index is -0.112. The van der Waals surface area contributed by atoms with Crippen molar-refractivity contribution >= 4 is 11.7 Å². The van der Waals surface area contributed by atoms with Gasteiger partial charge in [-0.1, -0.05) is 12.1 Å². The summed E-state index contributed by atoms with van der Waals surface area (Å²) in [6.07, 6.45) is 4.77. The molecule has 30 heavy (non-hydrogen) atoms. The van der Waals surface area contributed by atoms with E-state index in [0.717, 1.165) is 5.56 Å². The number of anilines is 1. The third kappa shape index (κ3) is 3.83. The molecule has 1 aromatic carbocycles. The third-order valence-electron chi connectivity index (χ3n) is 5.61. The average molecular weight is 404 g/mol. The van der Waals surface area contributed by atoms with Crippen molar-refractivity contribution in [2.24, 2.45) is 13.0 Å². The van der Waals surface area contributed by atoms with Gasteiger partial charge in [0.05, 0.1) is 18.4 Å². The molecule has 0 N–H and O–H groups in total. The van der Waals surface area contributed by atoms with Crippen molar-refractivity contribution in [3.8, 4) is 17.0 Å². The van der Waals surface area contributed by atoms with E-state index in [9.17, 15) is 9.59 Å². The summed E-state index contributed by atoms with van der Waals surface area (Å²) >= 11 is 0. The van der Waals surface area contributed by atoms with E-state index >= 15 is 0 Å². The zero-order valence-electron chi connectivity index (χ0n) is 17.1. The fourth-order valence-electron chi connectivity index (χ4n) is 3.89. The zero-order chi connectivity index (χ0) is 21.1. The normalized spacial score (nSPS) is 14.5. The van der Waals surface area contributed by atoms with E-state index in [1.165, 1.54) is 6.07 Å². The monoisotopic (exact) mass is 404 g/mol. The van der Waals surface area contributed by atoms with Gasteiger partial charge in [-0.2, -0.15) is 0 Å². The number of Topliss-reactive ketones (excluding diaryl/α,β-unsaturated/α-hetero) is 1. The van der Waals surface area contributed by atoms with Gasteiger partial charge < -0.3 is 9.64 Å². The molecule has 3 heterocycles. The lowest BCUT2D eigenvalue weighted by molar-refractivity contribution is 0.0897. The number of rotatable bonds is 5. The van der Waals surface area contributed by atoms with Crippen LogP contribution in [0.25, 0.3) is 11.3 Å². The summed E-state index contributed by atoms with van der Waals surface area (Å²) in [5.74, 6) is 1.27. The SMILES string of the molecule is COc1ccccc1C(=O)C1CCN(c2nc(-c3ccncc3)cc(=O)n2C)CC1. The molecule has 0 saturated carbocycles. The van der Waals surface area contributed by atoms with Crippen LogP contribution in [0.2, 0.25) is 0 Å². The maximum Gasteiger partial charge on any atom is 0.255 e. The van der Waals surface area contributed by atoms with Gasteiger partial charge in [-0.3, -0.25) is 19.1 Å². The number of carbonyl (C=O) groups is 1. The molecule has 0 bridgehead atoms. The van der Waals surface area contributed by atoms with Crippen molar-refractivity contribution in [1.29, 1.82) is 0 Å². The standard InChI is InChI=1S/C23H24N4O3/c1-26-21(28)15-19(16-7-11-24-12-8-16)25-23(26)27-13-9-17(10-14-27)22(29)18-5-3-4-6-20(18)30-2/h3-8,11-12,15,17H,9-10,13-14H2,1-2H3. The summed E-state index contributed by atoms with van der Waals surface area (Å²) in [4.78, 5) is 36.4. The Morgan fingerprint density at radius 1 is 1.10 bits per heavy atom. The first kappa shape index (κ1) is 19.8. The minimum Gasteiger partial charge on any atom is -0.496 e. The van der Waals surface area contributed by atoms with Crippen molar-refractivity contribution in [2.45, 2.75) is 12.8 Å². The highest BCUT2D eigenvalue weighted by atomic mass is 16.5. The Balaban J connectivity index is 1.54. The number of methoxy groups -OCH3 is 1. The van der Waals surface area contributed by atoms with Crippen LogP contribution in [-0.2, 0) is 7.05 Å². The van der Waals surface area contributed by atoms with Gasteiger partial charge in [0.25, 0.3) is 5.56 Å². The van der Waals surface area contributed by atoms with Crippen LogP contribution >= 0.6 is 0 Å². The van der Waals surface area contributed by atoms with Gasteiger partial charge in [0, 0.05) is 50.1 Å². The van der Waals surface area contributed by atoms with E-state index in [2.05, 4.69) is 9.88 Å². The Bertz CT molecular complexity index is 1100. The fourth-order valence-corrected chi connectivity index (χ4v) is 3.89. The Labute approximate surface area is 175 Å². The highest BCUT2D eigenvalue weighted by molar-refractivity contribution is 6.00. The summed E-state index contributed by atoms with van der Waals surface area (Å²) in [5.41, 5.74) is 2.00. The number of pyridine rings is 1. The van der Waals surface area contributed by atoms with Crippen LogP contribution in [0.5, 0.6) is 5.75 Å². The Morgan fingerprint density at radius 3 is 2.50 bits per heavy atom. The van der Waals surface area contributed by atoms with Crippen molar-refractivity contribution in [3.05, 3.63) is 70.8 Å². The lowest BCUT2D eigenvalue weighted by atomic mass is 9.88. The summed E-state index contributed by atoms with van der Waals surface area (Å²) < 4.78 is 6.91. The highest BCUT2D eigenvalue weighted by Crippen LogP contribution is 2.28. The lowest BCUT2D eigenvalue weighted by Gasteiger charge is -2.33. The largest absolute Gasteiger partial charge is 0.496 e. The highest BCUT2D eigenvalue weighted by Gasteiger charge is 2.29. The molecule has 1 aliphatic rings. The number of para-hydroxylation sites is 1. The van der Waals surface area contributed by atoms with Crippen molar-refractivity contribution < 1.29 is 9.53 Å². The second-order valence-corrected chi connectivity index (χ2v) is 7.40. The zero-order valence-corrected chi connectivity index (χ0v) is 17.1. The van der Waals surface area contributed by atoms with E-state index in [0.29, 0.717) is 48.9 Å². The van der Waals surface area contributed by atoms with Crippen LogP contribution in [-0.4, -0.2) is 40.5 Å². The number of ether oxygens (including phenoxy) is 1. The molecule has 2 aromatic heterocycles. The molecule has 7 heteroatoms. The molecule has 3 aromatic rings. The van der Waals surface area contributed by atoms with E-state index in [1.54, 1.807) is 31.1 Å². The van der Waals surface area contributed by atoms with Gasteiger partial charge in [0.15, 0.2) is 5.78 Å². The van der Waals surface area contributed by atoms with Crippen LogP contribution in [0.1, 0.15) is 23.2 Å². The van der Waals surface area contributed by atoms with Gasteiger partial charge in [0.1, 0.15) is 5.75 Å². The molecule has 0 aliphatic carbocycles. The van der Waals surface area contributed by atoms with Crippen LogP contribution in [0, 0.1) is 5.92 Å². The topological polar surface area (TPSA) is 77.3 Å². The lowest BCUT2D eigenvalue weighted by Crippen LogP contribution is -2.40. The molecule has 0 amide bonds. The van der Waals surface area contributed by atoms with Crippen molar-refractivity contribution in [2.75, 3.05) is 25.1 Å². The van der Waals surface area contributed by atoms with Crippen molar-refractivity contribution in [1.82, 2.24) is 14.5 Å². The van der Waals surface area contributed by atoms with Crippen molar-refractivity contribution in [3.63, 3.8) is 0 Å². The first-order valence-electron chi connectivity index (χ1n) is 9.99. The third-order valence-corrected chi connectivity index (χ3v) is 5.61. The molecule has 0 unspecified atom stereocenters. The summed E-state index contributed by atoms with van der Waals surface area (Å²) in [6.45, 7) is 1.32. The fraction of sp³-hybridized carbons (Fsp3) is 0.304. The summed E-state index contributed by atoms with van der Waals surface area (Å²) in [6, 6.07) is 12.6. The molecule has 7 nitrogen and oxygen atoms in total. The molecule has 0 spiro atoms. The molecule has 1 fully saturated rings. The van der Waals surface area contributed by atoms with Gasteiger partial charge >= 0.3 is 0 Å². The Kier molecular flexibility index (Phi) is 5.61. The molecular formula is C23H24N4O3. The maximum absolute atomic E-state index is 13.0. The number of benzene rings is 1. The molecule has 1 saturated heterocycles. The smallest absolute Gasteiger partial charge is 0.255 e. The first-order chi connectivity index (χ1) is 14.6. The van der Waals surface area contributed by atoms with Gasteiger partial charge in [-0.05, 0) is 37.1 Å². The summed E-state index contributed by atoms with van der Waals surface area (Å²) in [5, 5.41) is 0. The second-order valence-electron chi connectivity index (χ2n) is 7.40. The molecule has 1 aliphatic heterocycles. The summed E-state index contributed by atoms with van der Waals surface area (Å²) in [7, 11) is 3.31. The molecule has 4 rings (SSSR count). The van der Waals surface area contributed by atoms with E-state index in [1.807, 2.05) is 36.4 Å². The van der Waals surface area contributed by atoms with Gasteiger partial charge in [-0.15, -0.1) is 0 Å². The van der Waals surface area contributed by atoms with Gasteiger partial charge in [-0.25, -0.2) is 4.98 Å². The Morgan fingerprint density at radius 2 is 1.80 bits per heavy atom. The first-order valence-corrected chi connectivity index (χ1v) is 9.99. The molecular weight excluding hydrogens is 380 g/mol.